The van der Waals surface area contributed by atoms with Gasteiger partial charge in [0.25, 0.3) is 5.91 Å². The normalized spacial score (nSPS) is 14.0. The third-order valence-corrected chi connectivity index (χ3v) is 6.20. The van der Waals surface area contributed by atoms with Gasteiger partial charge in [0, 0.05) is 29.0 Å². The lowest BCUT2D eigenvalue weighted by Crippen LogP contribution is -2.25. The molecule has 1 aliphatic rings. The third kappa shape index (κ3) is 5.02. The summed E-state index contributed by atoms with van der Waals surface area (Å²) in [4.78, 5) is 27.0. The highest BCUT2D eigenvalue weighted by Crippen LogP contribution is 2.38. The van der Waals surface area contributed by atoms with Crippen LogP contribution in [0.15, 0.2) is 72.8 Å². The SMILES string of the molecule is CCN(CC)CCc1ccc(N/C(=C2\C(=O)Nc3cc(C(N)=O)ccc32)c2ccccc2)cc1. The van der Waals surface area contributed by atoms with E-state index in [0.29, 0.717) is 22.5 Å². The minimum Gasteiger partial charge on any atom is -0.366 e. The highest BCUT2D eigenvalue weighted by atomic mass is 16.2. The van der Waals surface area contributed by atoms with E-state index < -0.39 is 5.91 Å². The van der Waals surface area contributed by atoms with Crippen molar-refractivity contribution in [2.75, 3.05) is 30.3 Å². The molecule has 4 N–H and O–H groups in total. The van der Waals surface area contributed by atoms with Gasteiger partial charge in [-0.25, -0.2) is 0 Å². The molecular weight excluding hydrogens is 424 g/mol. The van der Waals surface area contributed by atoms with Crippen LogP contribution < -0.4 is 16.4 Å². The summed E-state index contributed by atoms with van der Waals surface area (Å²) in [5.41, 5.74) is 11.4. The van der Waals surface area contributed by atoms with E-state index in [0.717, 1.165) is 42.9 Å². The fraction of sp³-hybridized carbons (Fsp3) is 0.214. The second-order valence-corrected chi connectivity index (χ2v) is 8.29. The van der Waals surface area contributed by atoms with Crippen LogP contribution in [0.3, 0.4) is 0 Å². The summed E-state index contributed by atoms with van der Waals surface area (Å²) in [6, 6.07) is 23.1. The van der Waals surface area contributed by atoms with E-state index in [1.54, 1.807) is 18.2 Å². The molecule has 0 saturated carbocycles. The molecule has 34 heavy (non-hydrogen) atoms. The average molecular weight is 455 g/mol. The Morgan fingerprint density at radius 1 is 0.941 bits per heavy atom. The van der Waals surface area contributed by atoms with Crippen LogP contribution >= 0.6 is 0 Å². The van der Waals surface area contributed by atoms with E-state index in [2.05, 4.69) is 41.5 Å². The van der Waals surface area contributed by atoms with Crippen molar-refractivity contribution >= 4 is 34.5 Å². The summed E-state index contributed by atoms with van der Waals surface area (Å²) < 4.78 is 0. The molecule has 3 aromatic rings. The van der Waals surface area contributed by atoms with Crippen molar-refractivity contribution in [1.29, 1.82) is 0 Å². The molecule has 0 saturated heterocycles. The van der Waals surface area contributed by atoms with Crippen LogP contribution in [0.2, 0.25) is 0 Å². The number of nitrogens with two attached hydrogens (primary N) is 1. The van der Waals surface area contributed by atoms with E-state index in [1.807, 2.05) is 42.5 Å². The summed E-state index contributed by atoms with van der Waals surface area (Å²) >= 11 is 0. The van der Waals surface area contributed by atoms with Gasteiger partial charge in [-0.1, -0.05) is 62.4 Å². The van der Waals surface area contributed by atoms with Gasteiger partial charge in [-0.05, 0) is 54.9 Å². The standard InChI is InChI=1S/C28H30N4O2/c1-3-32(4-2)17-16-19-10-13-22(14-11-19)30-26(20-8-6-5-7-9-20)25-23-15-12-21(27(29)33)18-24(23)31-28(25)34/h5-15,18,30H,3-4,16-17H2,1-2H3,(H2,29,33)(H,31,34)/b26-25-. The van der Waals surface area contributed by atoms with Crippen molar-refractivity contribution in [3.63, 3.8) is 0 Å². The molecule has 2 amide bonds. The van der Waals surface area contributed by atoms with Crippen molar-refractivity contribution in [1.82, 2.24) is 4.90 Å². The number of nitrogens with zero attached hydrogens (tertiary/aromatic N) is 1. The maximum atomic E-state index is 13.0. The number of likely N-dealkylation sites (N-methyl/N-ethyl adjacent to an activating group) is 1. The molecule has 0 fully saturated rings. The number of amides is 2. The fourth-order valence-corrected chi connectivity index (χ4v) is 4.18. The topological polar surface area (TPSA) is 87.5 Å². The first-order valence-electron chi connectivity index (χ1n) is 11.6. The molecule has 3 aromatic carbocycles. The minimum atomic E-state index is -0.531. The molecule has 174 valence electrons. The van der Waals surface area contributed by atoms with Gasteiger partial charge in [-0.15, -0.1) is 0 Å². The van der Waals surface area contributed by atoms with Crippen molar-refractivity contribution in [2.24, 2.45) is 5.73 Å². The zero-order valence-corrected chi connectivity index (χ0v) is 19.6. The van der Waals surface area contributed by atoms with E-state index in [1.165, 1.54) is 5.56 Å². The van der Waals surface area contributed by atoms with Crippen LogP contribution in [0, 0.1) is 0 Å². The number of nitrogens with one attached hydrogen (secondary N) is 2. The monoisotopic (exact) mass is 454 g/mol. The molecule has 0 atom stereocenters. The van der Waals surface area contributed by atoms with Gasteiger partial charge in [-0.2, -0.15) is 0 Å². The van der Waals surface area contributed by atoms with Gasteiger partial charge >= 0.3 is 0 Å². The van der Waals surface area contributed by atoms with Crippen LogP contribution in [-0.2, 0) is 11.2 Å². The maximum Gasteiger partial charge on any atom is 0.258 e. The Morgan fingerprint density at radius 3 is 2.29 bits per heavy atom. The molecule has 0 aromatic heterocycles. The number of carbonyl (C=O) groups excluding carboxylic acids is 2. The van der Waals surface area contributed by atoms with Gasteiger partial charge in [-0.3, -0.25) is 9.59 Å². The Morgan fingerprint density at radius 2 is 1.65 bits per heavy atom. The molecule has 0 radical (unpaired) electrons. The Kier molecular flexibility index (Phi) is 7.09. The quantitative estimate of drug-likeness (QED) is 0.412. The second kappa shape index (κ2) is 10.4. The van der Waals surface area contributed by atoms with Gasteiger partial charge < -0.3 is 21.3 Å². The van der Waals surface area contributed by atoms with Crippen LogP contribution in [0.25, 0.3) is 11.3 Å². The van der Waals surface area contributed by atoms with E-state index in [4.69, 9.17) is 5.73 Å². The van der Waals surface area contributed by atoms with Gasteiger partial charge in [0.05, 0.1) is 11.3 Å². The van der Waals surface area contributed by atoms with Gasteiger partial charge in [0.1, 0.15) is 0 Å². The molecule has 4 rings (SSSR count). The molecule has 6 heteroatoms. The maximum absolute atomic E-state index is 13.0. The summed E-state index contributed by atoms with van der Waals surface area (Å²) in [6.45, 7) is 7.49. The number of anilines is 2. The average Bonchev–Trinajstić information content (AvgIpc) is 3.19. The number of hydrogen-bond acceptors (Lipinski definition) is 4. The van der Waals surface area contributed by atoms with Crippen LogP contribution in [0.4, 0.5) is 11.4 Å². The van der Waals surface area contributed by atoms with E-state index in [9.17, 15) is 9.59 Å². The Hall–Kier alpha value is -3.90. The molecule has 0 unspecified atom stereocenters. The summed E-state index contributed by atoms with van der Waals surface area (Å²) in [7, 11) is 0. The molecule has 6 nitrogen and oxygen atoms in total. The zero-order chi connectivity index (χ0) is 24.1. The molecule has 1 aliphatic heterocycles. The first kappa shape index (κ1) is 23.3. The highest BCUT2D eigenvalue weighted by molar-refractivity contribution is 6.37. The lowest BCUT2D eigenvalue weighted by atomic mass is 9.99. The summed E-state index contributed by atoms with van der Waals surface area (Å²) in [6.07, 6.45) is 0.993. The number of rotatable bonds is 9. The van der Waals surface area contributed by atoms with Crippen LogP contribution in [0.1, 0.15) is 40.9 Å². The fourth-order valence-electron chi connectivity index (χ4n) is 4.18. The van der Waals surface area contributed by atoms with E-state index >= 15 is 0 Å². The minimum absolute atomic E-state index is 0.223. The molecule has 1 heterocycles. The first-order valence-corrected chi connectivity index (χ1v) is 11.6. The van der Waals surface area contributed by atoms with Crippen molar-refractivity contribution in [2.45, 2.75) is 20.3 Å². The molecule has 0 spiro atoms. The molecule has 0 bridgehead atoms. The Labute approximate surface area is 200 Å². The van der Waals surface area contributed by atoms with Crippen LogP contribution in [0.5, 0.6) is 0 Å². The Bertz CT molecular complexity index is 1210. The number of carbonyl (C=O) groups is 2. The number of hydrogen-bond donors (Lipinski definition) is 3. The number of benzene rings is 3. The predicted octanol–water partition coefficient (Wildman–Crippen LogP) is 4.60. The van der Waals surface area contributed by atoms with Crippen molar-refractivity contribution < 1.29 is 9.59 Å². The number of primary amides is 1. The first-order chi connectivity index (χ1) is 16.5. The highest BCUT2D eigenvalue weighted by Gasteiger charge is 2.29. The smallest absolute Gasteiger partial charge is 0.258 e. The summed E-state index contributed by atoms with van der Waals surface area (Å²) in [5, 5.41) is 6.35. The largest absolute Gasteiger partial charge is 0.366 e. The van der Waals surface area contributed by atoms with Crippen molar-refractivity contribution in [3.8, 4) is 0 Å². The lowest BCUT2D eigenvalue weighted by Gasteiger charge is -2.18. The van der Waals surface area contributed by atoms with E-state index in [-0.39, 0.29) is 5.91 Å². The summed E-state index contributed by atoms with van der Waals surface area (Å²) in [5.74, 6) is -0.754. The van der Waals surface area contributed by atoms with Crippen LogP contribution in [-0.4, -0.2) is 36.3 Å². The molecule has 0 aliphatic carbocycles. The molecular formula is C28H30N4O2. The Balaban J connectivity index is 1.67. The third-order valence-electron chi connectivity index (χ3n) is 6.20. The second-order valence-electron chi connectivity index (χ2n) is 8.29. The van der Waals surface area contributed by atoms with Crippen molar-refractivity contribution in [3.05, 3.63) is 95.1 Å². The number of fused-ring (bicyclic) bond motifs is 1. The predicted molar refractivity (Wildman–Crippen MR) is 138 cm³/mol. The lowest BCUT2D eigenvalue weighted by molar-refractivity contribution is -0.110. The van der Waals surface area contributed by atoms with Gasteiger partial charge in [0.15, 0.2) is 0 Å². The van der Waals surface area contributed by atoms with Gasteiger partial charge in [0.2, 0.25) is 5.91 Å². The zero-order valence-electron chi connectivity index (χ0n) is 19.6.